The summed E-state index contributed by atoms with van der Waals surface area (Å²) >= 11 is 0. The molecule has 0 saturated heterocycles. The van der Waals surface area contributed by atoms with Gasteiger partial charge in [-0.2, -0.15) is 0 Å². The van der Waals surface area contributed by atoms with Crippen molar-refractivity contribution >= 4 is 9.84 Å². The van der Waals surface area contributed by atoms with E-state index in [1.807, 2.05) is 0 Å². The lowest BCUT2D eigenvalue weighted by atomic mass is 10.3. The molecule has 8 heteroatoms. The van der Waals surface area contributed by atoms with E-state index in [-0.39, 0.29) is 10.5 Å². The molecule has 0 atom stereocenters. The third-order valence-electron chi connectivity index (χ3n) is 3.08. The molecule has 1 aromatic carbocycles. The summed E-state index contributed by atoms with van der Waals surface area (Å²) in [7, 11) is -3.27. The van der Waals surface area contributed by atoms with Crippen LogP contribution < -0.4 is 5.56 Å². The van der Waals surface area contributed by atoms with Crippen LogP contribution in [-0.2, 0) is 9.84 Å². The van der Waals surface area contributed by atoms with Crippen LogP contribution in [0, 0.1) is 0 Å². The van der Waals surface area contributed by atoms with Gasteiger partial charge in [-0.15, -0.1) is 0 Å². The molecule has 2 heterocycles. The maximum atomic E-state index is 12.1. The second kappa shape index (κ2) is 5.23. The molecular formula is C14H12N4O3S. The van der Waals surface area contributed by atoms with Crippen LogP contribution in [0.5, 0.6) is 0 Å². The SMILES string of the molecule is CS(=O)(=O)c1ccc(-n2[nH]c(-c3cnccn3)cc2=O)cc1. The molecule has 3 aromatic rings. The molecule has 0 amide bonds. The lowest BCUT2D eigenvalue weighted by Crippen LogP contribution is -2.13. The number of aromatic amines is 1. The van der Waals surface area contributed by atoms with Crippen molar-refractivity contribution in [1.29, 1.82) is 0 Å². The second-order valence-electron chi connectivity index (χ2n) is 4.70. The molecule has 3 rings (SSSR count). The number of benzene rings is 1. The minimum absolute atomic E-state index is 0.199. The summed E-state index contributed by atoms with van der Waals surface area (Å²) in [5.74, 6) is 0. The number of hydrogen-bond acceptors (Lipinski definition) is 5. The Bertz CT molecular complexity index is 957. The molecule has 112 valence electrons. The van der Waals surface area contributed by atoms with Crippen LogP contribution in [-0.4, -0.2) is 34.4 Å². The minimum Gasteiger partial charge on any atom is -0.289 e. The lowest BCUT2D eigenvalue weighted by molar-refractivity contribution is 0.602. The molecule has 22 heavy (non-hydrogen) atoms. The smallest absolute Gasteiger partial charge is 0.271 e. The summed E-state index contributed by atoms with van der Waals surface area (Å²) in [6.45, 7) is 0. The topological polar surface area (TPSA) is 97.7 Å². The third kappa shape index (κ3) is 2.68. The first kappa shape index (κ1) is 14.2. The van der Waals surface area contributed by atoms with Crippen molar-refractivity contribution < 1.29 is 8.42 Å². The van der Waals surface area contributed by atoms with E-state index in [1.54, 1.807) is 24.5 Å². The molecule has 0 bridgehead atoms. The highest BCUT2D eigenvalue weighted by Gasteiger charge is 2.10. The van der Waals surface area contributed by atoms with Gasteiger partial charge in [0.15, 0.2) is 9.84 Å². The average molecular weight is 316 g/mol. The normalized spacial score (nSPS) is 11.5. The predicted octanol–water partition coefficient (Wildman–Crippen LogP) is 1.03. The number of rotatable bonds is 3. The van der Waals surface area contributed by atoms with Gasteiger partial charge >= 0.3 is 0 Å². The molecule has 0 aliphatic carbocycles. The molecule has 0 fully saturated rings. The Hall–Kier alpha value is -2.74. The lowest BCUT2D eigenvalue weighted by Gasteiger charge is -2.03. The number of aromatic nitrogens is 4. The van der Waals surface area contributed by atoms with Crippen molar-refractivity contribution in [3.63, 3.8) is 0 Å². The first-order valence-corrected chi connectivity index (χ1v) is 8.23. The number of nitrogens with zero attached hydrogens (tertiary/aromatic N) is 3. The van der Waals surface area contributed by atoms with Gasteiger partial charge in [0.1, 0.15) is 5.69 Å². The van der Waals surface area contributed by atoms with Crippen LogP contribution in [0.4, 0.5) is 0 Å². The summed E-state index contributed by atoms with van der Waals surface area (Å²) in [4.78, 5) is 20.3. The highest BCUT2D eigenvalue weighted by Crippen LogP contribution is 2.14. The van der Waals surface area contributed by atoms with Gasteiger partial charge in [0.05, 0.1) is 22.5 Å². The molecule has 0 saturated carbocycles. The van der Waals surface area contributed by atoms with Gasteiger partial charge in [0.2, 0.25) is 0 Å². The Morgan fingerprint density at radius 1 is 1.14 bits per heavy atom. The van der Waals surface area contributed by atoms with Crippen LogP contribution in [0.15, 0.2) is 58.6 Å². The molecule has 2 aromatic heterocycles. The fraction of sp³-hybridized carbons (Fsp3) is 0.0714. The third-order valence-corrected chi connectivity index (χ3v) is 4.21. The van der Waals surface area contributed by atoms with Gasteiger partial charge in [-0.05, 0) is 24.3 Å². The molecule has 0 unspecified atom stereocenters. The maximum Gasteiger partial charge on any atom is 0.271 e. The molecule has 0 radical (unpaired) electrons. The van der Waals surface area contributed by atoms with Gasteiger partial charge in [-0.3, -0.25) is 19.9 Å². The highest BCUT2D eigenvalue weighted by atomic mass is 32.2. The Balaban J connectivity index is 2.03. The highest BCUT2D eigenvalue weighted by molar-refractivity contribution is 7.90. The van der Waals surface area contributed by atoms with Gasteiger partial charge < -0.3 is 0 Å². The first-order chi connectivity index (χ1) is 10.4. The summed E-state index contributed by atoms with van der Waals surface area (Å²) in [6.07, 6.45) is 5.76. The van der Waals surface area contributed by atoms with E-state index in [0.717, 1.165) is 6.26 Å². The fourth-order valence-corrected chi connectivity index (χ4v) is 2.63. The largest absolute Gasteiger partial charge is 0.289 e. The zero-order chi connectivity index (χ0) is 15.7. The molecule has 0 aliphatic rings. The van der Waals surface area contributed by atoms with Crippen molar-refractivity contribution in [1.82, 2.24) is 19.7 Å². The van der Waals surface area contributed by atoms with E-state index in [2.05, 4.69) is 15.1 Å². The zero-order valence-electron chi connectivity index (χ0n) is 11.6. The van der Waals surface area contributed by atoms with E-state index in [0.29, 0.717) is 17.1 Å². The standard InChI is InChI=1S/C14H12N4O3S/c1-22(20,21)11-4-2-10(3-5-11)18-14(19)8-12(17-18)13-9-15-6-7-16-13/h2-9,17H,1H3. The molecule has 0 spiro atoms. The Kier molecular flexibility index (Phi) is 3.38. The molecule has 7 nitrogen and oxygen atoms in total. The van der Waals surface area contributed by atoms with Gasteiger partial charge in [0.25, 0.3) is 5.56 Å². The number of H-pyrrole nitrogens is 1. The zero-order valence-corrected chi connectivity index (χ0v) is 12.4. The van der Waals surface area contributed by atoms with Crippen molar-refractivity contribution in [3.8, 4) is 17.1 Å². The van der Waals surface area contributed by atoms with Crippen molar-refractivity contribution in [2.45, 2.75) is 4.90 Å². The molecule has 1 N–H and O–H groups in total. The average Bonchev–Trinajstić information content (AvgIpc) is 2.89. The minimum atomic E-state index is -3.27. The quantitative estimate of drug-likeness (QED) is 0.778. The van der Waals surface area contributed by atoms with Crippen LogP contribution >= 0.6 is 0 Å². The van der Waals surface area contributed by atoms with Crippen molar-refractivity contribution in [2.24, 2.45) is 0 Å². The Labute approximate surface area is 126 Å². The van der Waals surface area contributed by atoms with Crippen molar-refractivity contribution in [3.05, 3.63) is 59.3 Å². The number of hydrogen-bond donors (Lipinski definition) is 1. The van der Waals surface area contributed by atoms with Crippen LogP contribution in [0.1, 0.15) is 0 Å². The fourth-order valence-electron chi connectivity index (χ4n) is 2.00. The van der Waals surface area contributed by atoms with Gasteiger partial charge in [0, 0.05) is 24.7 Å². The van der Waals surface area contributed by atoms with Gasteiger partial charge in [-0.1, -0.05) is 0 Å². The Morgan fingerprint density at radius 2 is 1.86 bits per heavy atom. The molecule has 0 aliphatic heterocycles. The van der Waals surface area contributed by atoms with E-state index in [1.165, 1.54) is 29.1 Å². The maximum absolute atomic E-state index is 12.1. The summed E-state index contributed by atoms with van der Waals surface area (Å²) in [6, 6.07) is 7.46. The van der Waals surface area contributed by atoms with Crippen molar-refractivity contribution in [2.75, 3.05) is 6.26 Å². The van der Waals surface area contributed by atoms with Crippen LogP contribution in [0.2, 0.25) is 0 Å². The van der Waals surface area contributed by atoms with E-state index >= 15 is 0 Å². The van der Waals surface area contributed by atoms with E-state index in [4.69, 9.17) is 0 Å². The monoisotopic (exact) mass is 316 g/mol. The molecular weight excluding hydrogens is 304 g/mol. The van der Waals surface area contributed by atoms with Gasteiger partial charge in [-0.25, -0.2) is 13.1 Å². The predicted molar refractivity (Wildman–Crippen MR) is 80.5 cm³/mol. The van der Waals surface area contributed by atoms with E-state index in [9.17, 15) is 13.2 Å². The van der Waals surface area contributed by atoms with Crippen LogP contribution in [0.25, 0.3) is 17.1 Å². The van der Waals surface area contributed by atoms with Crippen LogP contribution in [0.3, 0.4) is 0 Å². The second-order valence-corrected chi connectivity index (χ2v) is 6.72. The summed E-state index contributed by atoms with van der Waals surface area (Å²) in [5.41, 5.74) is 1.34. The number of nitrogens with one attached hydrogen (secondary N) is 1. The Morgan fingerprint density at radius 3 is 2.45 bits per heavy atom. The number of sulfone groups is 1. The summed E-state index contributed by atoms with van der Waals surface area (Å²) < 4.78 is 24.2. The summed E-state index contributed by atoms with van der Waals surface area (Å²) in [5, 5.41) is 2.92. The van der Waals surface area contributed by atoms with E-state index < -0.39 is 9.84 Å². The first-order valence-electron chi connectivity index (χ1n) is 6.34.